The van der Waals surface area contributed by atoms with E-state index in [1.54, 1.807) is 7.11 Å². The molecule has 0 bridgehead atoms. The predicted molar refractivity (Wildman–Crippen MR) is 133 cm³/mol. The number of carbonyl (C=O) groups is 1. The van der Waals surface area contributed by atoms with E-state index in [1.165, 1.54) is 17.3 Å². The van der Waals surface area contributed by atoms with Gasteiger partial charge >= 0.3 is 0 Å². The molecule has 0 unspecified atom stereocenters. The summed E-state index contributed by atoms with van der Waals surface area (Å²) in [6, 6.07) is 21.7. The van der Waals surface area contributed by atoms with Gasteiger partial charge in [-0.25, -0.2) is 0 Å². The third kappa shape index (κ3) is 4.93. The zero-order valence-corrected chi connectivity index (χ0v) is 19.9. The summed E-state index contributed by atoms with van der Waals surface area (Å²) in [7, 11) is 1.64. The smallest absolute Gasteiger partial charge is 0.234 e. The van der Waals surface area contributed by atoms with Crippen LogP contribution in [0.2, 0.25) is 0 Å². The maximum atomic E-state index is 12.8. The van der Waals surface area contributed by atoms with E-state index in [2.05, 4.69) is 34.6 Å². The second kappa shape index (κ2) is 9.92. The van der Waals surface area contributed by atoms with Gasteiger partial charge in [-0.15, -0.1) is 10.2 Å². The van der Waals surface area contributed by atoms with Crippen LogP contribution < -0.4 is 10.1 Å². The molecular formula is C26H26N4O2S. The average Bonchev–Trinajstić information content (AvgIpc) is 3.24. The highest BCUT2D eigenvalue weighted by molar-refractivity contribution is 7.99. The molecule has 0 spiro atoms. The van der Waals surface area contributed by atoms with Crippen molar-refractivity contribution in [2.24, 2.45) is 0 Å². The number of hydrogen-bond acceptors (Lipinski definition) is 5. The lowest BCUT2D eigenvalue weighted by Crippen LogP contribution is -2.16. The number of amides is 1. The summed E-state index contributed by atoms with van der Waals surface area (Å²) in [5.74, 6) is 1.49. The van der Waals surface area contributed by atoms with E-state index in [0.717, 1.165) is 28.1 Å². The summed E-state index contributed by atoms with van der Waals surface area (Å²) >= 11 is 1.35. The Morgan fingerprint density at radius 1 is 0.970 bits per heavy atom. The fourth-order valence-electron chi connectivity index (χ4n) is 3.86. The highest BCUT2D eigenvalue weighted by Crippen LogP contribution is 2.33. The SMILES string of the molecule is COc1ccccc1-c1nnc(SCC(=O)Nc2c(C)cc(C)cc2C)n1-c1ccccc1. The number of nitrogens with zero attached hydrogens (tertiary/aromatic N) is 3. The average molecular weight is 459 g/mol. The van der Waals surface area contributed by atoms with E-state index in [1.807, 2.05) is 73.0 Å². The molecule has 168 valence electrons. The molecule has 0 aliphatic heterocycles. The van der Waals surface area contributed by atoms with Crippen LogP contribution in [0.15, 0.2) is 71.9 Å². The molecule has 1 amide bonds. The first-order valence-electron chi connectivity index (χ1n) is 10.6. The Hall–Kier alpha value is -3.58. The van der Waals surface area contributed by atoms with Crippen molar-refractivity contribution in [1.29, 1.82) is 0 Å². The molecule has 7 heteroatoms. The van der Waals surface area contributed by atoms with Gasteiger partial charge in [-0.05, 0) is 56.2 Å². The van der Waals surface area contributed by atoms with E-state index in [4.69, 9.17) is 4.74 Å². The standard InChI is InChI=1S/C26H26N4O2S/c1-17-14-18(2)24(19(3)15-17)27-23(31)16-33-26-29-28-25(21-12-8-9-13-22(21)32-4)30(26)20-10-6-5-7-11-20/h5-15H,16H2,1-4H3,(H,27,31). The van der Waals surface area contributed by atoms with E-state index >= 15 is 0 Å². The van der Waals surface area contributed by atoms with E-state index < -0.39 is 0 Å². The van der Waals surface area contributed by atoms with E-state index in [0.29, 0.717) is 16.7 Å². The first kappa shape index (κ1) is 22.6. The number of thioether (sulfide) groups is 1. The molecule has 0 aliphatic rings. The molecule has 0 saturated carbocycles. The molecule has 1 N–H and O–H groups in total. The van der Waals surface area contributed by atoms with Crippen LogP contribution in [0.25, 0.3) is 17.1 Å². The highest BCUT2D eigenvalue weighted by Gasteiger charge is 2.20. The fraction of sp³-hybridized carbons (Fsp3) is 0.192. The Balaban J connectivity index is 1.62. The monoisotopic (exact) mass is 458 g/mol. The molecule has 1 heterocycles. The maximum absolute atomic E-state index is 12.8. The van der Waals surface area contributed by atoms with Gasteiger partial charge in [0.25, 0.3) is 0 Å². The highest BCUT2D eigenvalue weighted by atomic mass is 32.2. The third-order valence-electron chi connectivity index (χ3n) is 5.27. The van der Waals surface area contributed by atoms with Crippen LogP contribution >= 0.6 is 11.8 Å². The van der Waals surface area contributed by atoms with Gasteiger partial charge in [-0.2, -0.15) is 0 Å². The van der Waals surface area contributed by atoms with Crippen LogP contribution in [0.3, 0.4) is 0 Å². The minimum atomic E-state index is -0.0866. The summed E-state index contributed by atoms with van der Waals surface area (Å²) in [4.78, 5) is 12.8. The summed E-state index contributed by atoms with van der Waals surface area (Å²) in [5, 5.41) is 12.6. The molecule has 0 atom stereocenters. The molecule has 1 aromatic heterocycles. The van der Waals surface area contributed by atoms with Crippen molar-refractivity contribution in [1.82, 2.24) is 14.8 Å². The van der Waals surface area contributed by atoms with Crippen molar-refractivity contribution in [2.45, 2.75) is 25.9 Å². The number of carbonyl (C=O) groups excluding carboxylic acids is 1. The van der Waals surface area contributed by atoms with E-state index in [9.17, 15) is 4.79 Å². The number of para-hydroxylation sites is 2. The first-order valence-corrected chi connectivity index (χ1v) is 11.6. The Morgan fingerprint density at radius 3 is 2.33 bits per heavy atom. The van der Waals surface area contributed by atoms with Crippen LogP contribution in [-0.2, 0) is 4.79 Å². The Labute approximate surface area is 198 Å². The van der Waals surface area contributed by atoms with Crippen molar-refractivity contribution in [3.63, 3.8) is 0 Å². The molecule has 0 saturated heterocycles. The molecule has 4 aromatic rings. The lowest BCUT2D eigenvalue weighted by atomic mass is 10.1. The van der Waals surface area contributed by atoms with Gasteiger partial charge in [0, 0.05) is 11.4 Å². The lowest BCUT2D eigenvalue weighted by Gasteiger charge is -2.14. The number of methoxy groups -OCH3 is 1. The van der Waals surface area contributed by atoms with Crippen molar-refractivity contribution >= 4 is 23.4 Å². The topological polar surface area (TPSA) is 69.0 Å². The number of aromatic nitrogens is 3. The van der Waals surface area contributed by atoms with Gasteiger partial charge in [0.1, 0.15) is 5.75 Å². The van der Waals surface area contributed by atoms with Gasteiger partial charge in [0.2, 0.25) is 5.91 Å². The number of rotatable bonds is 7. The number of nitrogens with one attached hydrogen (secondary N) is 1. The van der Waals surface area contributed by atoms with Crippen LogP contribution in [0, 0.1) is 20.8 Å². The Bertz CT molecular complexity index is 1260. The summed E-state index contributed by atoms with van der Waals surface area (Å²) in [6.07, 6.45) is 0. The lowest BCUT2D eigenvalue weighted by molar-refractivity contribution is -0.113. The van der Waals surface area contributed by atoms with E-state index in [-0.39, 0.29) is 11.7 Å². The third-order valence-corrected chi connectivity index (χ3v) is 6.20. The first-order chi connectivity index (χ1) is 16.0. The molecule has 3 aromatic carbocycles. The molecule has 4 rings (SSSR count). The van der Waals surface area contributed by atoms with Crippen molar-refractivity contribution in [3.05, 3.63) is 83.4 Å². The van der Waals surface area contributed by atoms with Gasteiger partial charge in [0.05, 0.1) is 18.4 Å². The number of hydrogen-bond donors (Lipinski definition) is 1. The number of anilines is 1. The van der Waals surface area contributed by atoms with Crippen LogP contribution in [0.1, 0.15) is 16.7 Å². The largest absolute Gasteiger partial charge is 0.496 e. The zero-order chi connectivity index (χ0) is 23.4. The molecule has 0 fully saturated rings. The number of benzene rings is 3. The number of ether oxygens (including phenoxy) is 1. The zero-order valence-electron chi connectivity index (χ0n) is 19.1. The Morgan fingerprint density at radius 2 is 1.64 bits per heavy atom. The van der Waals surface area contributed by atoms with Crippen LogP contribution in [-0.4, -0.2) is 33.5 Å². The Kier molecular flexibility index (Phi) is 6.79. The van der Waals surface area contributed by atoms with Gasteiger partial charge in [-0.1, -0.05) is 59.8 Å². The van der Waals surface area contributed by atoms with Crippen LogP contribution in [0.4, 0.5) is 5.69 Å². The summed E-state index contributed by atoms with van der Waals surface area (Å²) < 4.78 is 7.50. The minimum Gasteiger partial charge on any atom is -0.496 e. The van der Waals surface area contributed by atoms with Crippen molar-refractivity contribution < 1.29 is 9.53 Å². The minimum absolute atomic E-state index is 0.0866. The second-order valence-electron chi connectivity index (χ2n) is 7.79. The van der Waals surface area contributed by atoms with Gasteiger partial charge in [-0.3, -0.25) is 9.36 Å². The predicted octanol–water partition coefficient (Wildman–Crippen LogP) is 5.60. The fourth-order valence-corrected chi connectivity index (χ4v) is 4.61. The van der Waals surface area contributed by atoms with Crippen molar-refractivity contribution in [3.8, 4) is 22.8 Å². The number of aryl methyl sites for hydroxylation is 3. The molecule has 0 radical (unpaired) electrons. The van der Waals surface area contributed by atoms with Gasteiger partial charge in [0.15, 0.2) is 11.0 Å². The molecule has 6 nitrogen and oxygen atoms in total. The van der Waals surface area contributed by atoms with Crippen molar-refractivity contribution in [2.75, 3.05) is 18.2 Å². The summed E-state index contributed by atoms with van der Waals surface area (Å²) in [6.45, 7) is 6.07. The molecule has 0 aliphatic carbocycles. The van der Waals surface area contributed by atoms with Gasteiger partial charge < -0.3 is 10.1 Å². The second-order valence-corrected chi connectivity index (χ2v) is 8.73. The maximum Gasteiger partial charge on any atom is 0.234 e. The molecule has 33 heavy (non-hydrogen) atoms. The normalized spacial score (nSPS) is 10.8. The summed E-state index contributed by atoms with van der Waals surface area (Å²) in [5.41, 5.74) is 5.89. The van der Waals surface area contributed by atoms with Crippen LogP contribution in [0.5, 0.6) is 5.75 Å². The quantitative estimate of drug-likeness (QED) is 0.365. The molecular weight excluding hydrogens is 432 g/mol.